The van der Waals surface area contributed by atoms with Crippen LogP contribution in [0.25, 0.3) is 11.1 Å². The summed E-state index contributed by atoms with van der Waals surface area (Å²) in [5.41, 5.74) is 1.92. The van der Waals surface area contributed by atoms with E-state index >= 15 is 0 Å². The Morgan fingerprint density at radius 1 is 0.976 bits per heavy atom. The molecule has 2 fully saturated rings. The molecule has 1 saturated carbocycles. The van der Waals surface area contributed by atoms with E-state index in [1.54, 1.807) is 53.1 Å². The quantitative estimate of drug-likeness (QED) is 0.363. The van der Waals surface area contributed by atoms with E-state index in [2.05, 4.69) is 5.32 Å². The summed E-state index contributed by atoms with van der Waals surface area (Å²) < 4.78 is 28.5. The van der Waals surface area contributed by atoms with Crippen molar-refractivity contribution in [1.82, 2.24) is 14.8 Å². The van der Waals surface area contributed by atoms with Crippen molar-refractivity contribution in [1.29, 1.82) is 0 Å². The van der Waals surface area contributed by atoms with Gasteiger partial charge in [-0.15, -0.1) is 0 Å². The first-order valence-corrected chi connectivity index (χ1v) is 14.6. The van der Waals surface area contributed by atoms with Gasteiger partial charge in [0.2, 0.25) is 0 Å². The first-order chi connectivity index (χ1) is 19.9. The van der Waals surface area contributed by atoms with Gasteiger partial charge in [0.15, 0.2) is 0 Å². The minimum Gasteiger partial charge on any atom is -0.490 e. The van der Waals surface area contributed by atoms with E-state index in [9.17, 15) is 19.1 Å². The molecule has 2 N–H and O–H groups in total. The maximum atomic E-state index is 14.0. The molecule has 5 rings (SSSR count). The predicted octanol–water partition coefficient (Wildman–Crippen LogP) is 5.93. The van der Waals surface area contributed by atoms with Crippen LogP contribution in [0.5, 0.6) is 17.2 Å². The highest BCUT2D eigenvalue weighted by molar-refractivity contribution is 5.77. The minimum absolute atomic E-state index is 0.00491. The normalized spacial score (nSPS) is 19.4. The molecule has 1 aliphatic heterocycles. The van der Waals surface area contributed by atoms with Gasteiger partial charge < -0.3 is 29.4 Å². The Kier molecular flexibility index (Phi) is 8.32. The van der Waals surface area contributed by atoms with E-state index in [1.165, 1.54) is 22.8 Å². The lowest BCUT2D eigenvalue weighted by Gasteiger charge is -2.39. The Morgan fingerprint density at radius 2 is 1.67 bits per heavy atom. The van der Waals surface area contributed by atoms with E-state index in [-0.39, 0.29) is 29.6 Å². The summed E-state index contributed by atoms with van der Waals surface area (Å²) in [7, 11) is 1.68. The first-order valence-electron chi connectivity index (χ1n) is 14.6. The molecule has 3 aromatic rings. The van der Waals surface area contributed by atoms with Gasteiger partial charge in [-0.1, -0.05) is 6.07 Å². The highest BCUT2D eigenvalue weighted by atomic mass is 19.1. The highest BCUT2D eigenvalue weighted by Crippen LogP contribution is 2.42. The number of ether oxygens (including phenoxy) is 2. The maximum absolute atomic E-state index is 14.0. The largest absolute Gasteiger partial charge is 0.490 e. The van der Waals surface area contributed by atoms with Crippen LogP contribution in [0.15, 0.2) is 47.4 Å². The fourth-order valence-corrected chi connectivity index (χ4v) is 5.94. The van der Waals surface area contributed by atoms with E-state index < -0.39 is 5.60 Å². The number of urea groups is 1. The summed E-state index contributed by atoms with van der Waals surface area (Å²) >= 11 is 0. The molecule has 42 heavy (non-hydrogen) atoms. The van der Waals surface area contributed by atoms with Crippen LogP contribution in [0, 0.1) is 19.7 Å². The third-order valence-corrected chi connectivity index (χ3v) is 8.29. The molecule has 0 bridgehead atoms. The highest BCUT2D eigenvalue weighted by Gasteiger charge is 2.31. The lowest BCUT2D eigenvalue weighted by Crippen LogP contribution is -2.52. The monoisotopic (exact) mass is 577 g/mol. The number of aryl methyl sites for hydroxylation is 3. The summed E-state index contributed by atoms with van der Waals surface area (Å²) in [6.45, 7) is 8.50. The summed E-state index contributed by atoms with van der Waals surface area (Å²) in [5.74, 6) is 1.13. The van der Waals surface area contributed by atoms with E-state index in [0.29, 0.717) is 45.1 Å². The van der Waals surface area contributed by atoms with Gasteiger partial charge in [-0.2, -0.15) is 0 Å². The SMILES string of the molecule is Cc1cc(F)cc(C)c1Oc1ccc(C(C)(C)O)cc1-c1cn(C)c(=O)cc1O[C@H]1CC[C@H](N2CCCNC2=O)CC1. The Bertz CT molecular complexity index is 1510. The molecule has 9 heteroatoms. The molecule has 224 valence electrons. The lowest BCUT2D eigenvalue weighted by molar-refractivity contribution is 0.0786. The van der Waals surface area contributed by atoms with Crippen molar-refractivity contribution in [2.45, 2.75) is 77.5 Å². The van der Waals surface area contributed by atoms with Crippen LogP contribution < -0.4 is 20.3 Å². The number of hydrogen-bond acceptors (Lipinski definition) is 5. The Balaban J connectivity index is 1.49. The summed E-state index contributed by atoms with van der Waals surface area (Å²) in [6.07, 6.45) is 5.71. The van der Waals surface area contributed by atoms with E-state index in [0.717, 1.165) is 45.2 Å². The third-order valence-electron chi connectivity index (χ3n) is 8.29. The molecule has 2 aliphatic rings. The predicted molar refractivity (Wildman–Crippen MR) is 160 cm³/mol. The van der Waals surface area contributed by atoms with Crippen molar-refractivity contribution in [2.75, 3.05) is 13.1 Å². The van der Waals surface area contributed by atoms with Gasteiger partial charge in [0.25, 0.3) is 5.56 Å². The number of amides is 2. The van der Waals surface area contributed by atoms with E-state index in [1.807, 2.05) is 11.0 Å². The number of nitrogens with zero attached hydrogens (tertiary/aromatic N) is 2. The number of carbonyl (C=O) groups is 1. The van der Waals surface area contributed by atoms with Crippen LogP contribution in [0.3, 0.4) is 0 Å². The fraction of sp³-hybridized carbons (Fsp3) is 0.455. The summed E-state index contributed by atoms with van der Waals surface area (Å²) in [6, 6.07) is 9.97. The van der Waals surface area contributed by atoms with Crippen LogP contribution in [0.4, 0.5) is 9.18 Å². The molecule has 0 unspecified atom stereocenters. The molecule has 2 aromatic carbocycles. The van der Waals surface area contributed by atoms with Crippen molar-refractivity contribution in [3.8, 4) is 28.4 Å². The molecule has 8 nitrogen and oxygen atoms in total. The van der Waals surface area contributed by atoms with Crippen LogP contribution in [0.1, 0.15) is 62.6 Å². The van der Waals surface area contributed by atoms with Crippen LogP contribution in [0.2, 0.25) is 0 Å². The number of hydrogen-bond donors (Lipinski definition) is 2. The lowest BCUT2D eigenvalue weighted by atomic mass is 9.91. The Labute approximate surface area is 246 Å². The molecule has 2 amide bonds. The fourth-order valence-electron chi connectivity index (χ4n) is 5.94. The summed E-state index contributed by atoms with van der Waals surface area (Å²) in [4.78, 5) is 27.1. The number of aliphatic hydroxyl groups is 1. The number of nitrogens with one attached hydrogen (secondary N) is 1. The Hall–Kier alpha value is -3.85. The molecular formula is C33H40FN3O5. The molecular weight excluding hydrogens is 537 g/mol. The second-order valence-electron chi connectivity index (χ2n) is 12.1. The number of aromatic nitrogens is 1. The molecule has 0 spiro atoms. The van der Waals surface area contributed by atoms with Crippen molar-refractivity contribution >= 4 is 6.03 Å². The van der Waals surface area contributed by atoms with Gasteiger partial charge in [0, 0.05) is 49.6 Å². The average molecular weight is 578 g/mol. The van der Waals surface area contributed by atoms with Crippen LogP contribution in [-0.4, -0.2) is 45.8 Å². The van der Waals surface area contributed by atoms with Crippen molar-refractivity contribution in [3.63, 3.8) is 0 Å². The number of rotatable bonds is 7. The molecule has 2 heterocycles. The summed E-state index contributed by atoms with van der Waals surface area (Å²) in [5, 5.41) is 13.8. The second kappa shape index (κ2) is 11.8. The molecule has 1 saturated heterocycles. The minimum atomic E-state index is -1.13. The van der Waals surface area contributed by atoms with Crippen LogP contribution >= 0.6 is 0 Å². The van der Waals surface area contributed by atoms with Crippen LogP contribution in [-0.2, 0) is 12.6 Å². The average Bonchev–Trinajstić information content (AvgIpc) is 2.93. The molecule has 0 atom stereocenters. The first kappa shape index (κ1) is 29.6. The zero-order chi connectivity index (χ0) is 30.2. The topological polar surface area (TPSA) is 93.0 Å². The Morgan fingerprint density at radius 3 is 2.31 bits per heavy atom. The second-order valence-corrected chi connectivity index (χ2v) is 12.1. The zero-order valence-electron chi connectivity index (χ0n) is 25.0. The molecule has 1 aliphatic carbocycles. The van der Waals surface area contributed by atoms with Crippen molar-refractivity contribution in [3.05, 3.63) is 75.5 Å². The van der Waals surface area contributed by atoms with Gasteiger partial charge in [-0.25, -0.2) is 9.18 Å². The molecule has 1 aromatic heterocycles. The van der Waals surface area contributed by atoms with Gasteiger partial charge in [-0.05, 0) is 101 Å². The third kappa shape index (κ3) is 6.31. The molecule has 0 radical (unpaired) electrons. The van der Waals surface area contributed by atoms with E-state index in [4.69, 9.17) is 9.47 Å². The van der Waals surface area contributed by atoms with Crippen molar-refractivity contribution < 1.29 is 23.8 Å². The standard InChI is InChI=1S/C33H40FN3O5/c1-20-15-23(34)16-21(2)31(20)42-28-12-7-22(33(3,4)40)17-26(28)27-19-36(5)30(38)18-29(27)41-25-10-8-24(9-11-25)37-14-6-13-35-32(37)39/h7,12,15-19,24-25,40H,6,8-11,13-14H2,1-5H3,(H,35,39)/t24-,25-. The zero-order valence-corrected chi connectivity index (χ0v) is 25.0. The number of benzene rings is 2. The van der Waals surface area contributed by atoms with Crippen molar-refractivity contribution in [2.24, 2.45) is 7.05 Å². The number of pyridine rings is 1. The van der Waals surface area contributed by atoms with Gasteiger partial charge in [0.1, 0.15) is 23.1 Å². The number of carbonyl (C=O) groups excluding carboxylic acids is 1. The van der Waals surface area contributed by atoms with Gasteiger partial charge >= 0.3 is 6.03 Å². The van der Waals surface area contributed by atoms with Gasteiger partial charge in [-0.3, -0.25) is 4.79 Å². The van der Waals surface area contributed by atoms with Gasteiger partial charge in [0.05, 0.1) is 11.7 Å². The maximum Gasteiger partial charge on any atom is 0.317 e. The smallest absolute Gasteiger partial charge is 0.317 e. The number of halogens is 1.